The maximum absolute atomic E-state index is 13.7. The van der Waals surface area contributed by atoms with Crippen LogP contribution in [0.4, 0.5) is 33.3 Å². The van der Waals surface area contributed by atoms with Crippen molar-refractivity contribution in [1.29, 1.82) is 0 Å². The molecule has 0 unspecified atom stereocenters. The van der Waals surface area contributed by atoms with E-state index in [0.29, 0.717) is 31.1 Å². The standard InChI is InChI=1S/C24H21F5N4O2/c25-16-8-4-9-17(26)21(16)33-23(35)22(34)31-14-6-3-5-13(11-14)30-19-12-20(24(27,28)29)32-18-10-2-1-7-15(18)19/h1-2,4,7-10,12-14H,3,5-6,11H2,(H,30,32)(H,31,34)(H,33,35)/t13-,14+/m0/s1. The number of nitrogens with one attached hydrogen (secondary N) is 3. The predicted octanol–water partition coefficient (Wildman–Crippen LogP) is 5.01. The van der Waals surface area contributed by atoms with E-state index in [0.717, 1.165) is 24.3 Å². The Kier molecular flexibility index (Phi) is 6.86. The minimum atomic E-state index is -4.62. The molecule has 1 aliphatic rings. The van der Waals surface area contributed by atoms with Gasteiger partial charge in [0.25, 0.3) is 0 Å². The fourth-order valence-electron chi connectivity index (χ4n) is 4.15. The minimum Gasteiger partial charge on any atom is -0.382 e. The lowest BCUT2D eigenvalue weighted by atomic mass is 9.90. The highest BCUT2D eigenvalue weighted by Crippen LogP contribution is 2.34. The number of aromatic nitrogens is 1. The van der Waals surface area contributed by atoms with Crippen LogP contribution >= 0.6 is 0 Å². The van der Waals surface area contributed by atoms with E-state index in [1.165, 1.54) is 6.07 Å². The van der Waals surface area contributed by atoms with E-state index in [9.17, 15) is 31.5 Å². The normalized spacial score (nSPS) is 18.2. The van der Waals surface area contributed by atoms with Crippen molar-refractivity contribution in [2.45, 2.75) is 43.9 Å². The number of fused-ring (bicyclic) bond motifs is 1. The van der Waals surface area contributed by atoms with Crippen LogP contribution in [0.1, 0.15) is 31.4 Å². The Balaban J connectivity index is 1.44. The number of anilines is 2. The molecule has 1 fully saturated rings. The molecule has 1 saturated carbocycles. The summed E-state index contributed by atoms with van der Waals surface area (Å²) in [5.41, 5.74) is -1.27. The summed E-state index contributed by atoms with van der Waals surface area (Å²) in [6, 6.07) is 9.69. The van der Waals surface area contributed by atoms with Gasteiger partial charge in [-0.2, -0.15) is 13.2 Å². The Morgan fingerprint density at radius 2 is 1.60 bits per heavy atom. The number of nitrogens with zero attached hydrogens (tertiary/aromatic N) is 1. The number of hydrogen-bond donors (Lipinski definition) is 3. The number of carbonyl (C=O) groups excluding carboxylic acids is 2. The molecule has 1 aromatic heterocycles. The summed E-state index contributed by atoms with van der Waals surface area (Å²) in [7, 11) is 0. The van der Waals surface area contributed by atoms with Gasteiger partial charge < -0.3 is 16.0 Å². The van der Waals surface area contributed by atoms with Gasteiger partial charge in [0.15, 0.2) is 0 Å². The molecule has 0 aliphatic heterocycles. The van der Waals surface area contributed by atoms with Crippen LogP contribution in [0.25, 0.3) is 10.9 Å². The van der Waals surface area contributed by atoms with Gasteiger partial charge >= 0.3 is 18.0 Å². The third kappa shape index (κ3) is 5.67. The van der Waals surface area contributed by atoms with Gasteiger partial charge in [0.1, 0.15) is 23.0 Å². The molecule has 3 N–H and O–H groups in total. The van der Waals surface area contributed by atoms with Gasteiger partial charge in [0.05, 0.1) is 5.52 Å². The summed E-state index contributed by atoms with van der Waals surface area (Å²) in [4.78, 5) is 28.2. The molecule has 184 valence electrons. The number of alkyl halides is 3. The lowest BCUT2D eigenvalue weighted by Gasteiger charge is -2.31. The SMILES string of the molecule is O=C(Nc1c(F)cccc1F)C(=O)N[C@@H]1CCC[C@H](Nc2cc(C(F)(F)F)nc3ccccc23)C1. The number of amides is 2. The van der Waals surface area contributed by atoms with Gasteiger partial charge in [-0.15, -0.1) is 0 Å². The fourth-order valence-corrected chi connectivity index (χ4v) is 4.15. The summed E-state index contributed by atoms with van der Waals surface area (Å²) in [5.74, 6) is -4.32. The molecule has 35 heavy (non-hydrogen) atoms. The molecule has 0 bridgehead atoms. The largest absolute Gasteiger partial charge is 0.433 e. The second-order valence-corrected chi connectivity index (χ2v) is 8.30. The molecule has 2 amide bonds. The lowest BCUT2D eigenvalue weighted by Crippen LogP contribution is -2.46. The number of para-hydroxylation sites is 2. The van der Waals surface area contributed by atoms with Gasteiger partial charge in [-0.25, -0.2) is 13.8 Å². The third-order valence-corrected chi connectivity index (χ3v) is 5.78. The highest BCUT2D eigenvalue weighted by atomic mass is 19.4. The van der Waals surface area contributed by atoms with Gasteiger partial charge in [0, 0.05) is 23.2 Å². The van der Waals surface area contributed by atoms with Crippen LogP contribution in [0, 0.1) is 11.6 Å². The third-order valence-electron chi connectivity index (χ3n) is 5.78. The molecule has 0 spiro atoms. The summed E-state index contributed by atoms with van der Waals surface area (Å²) in [6.45, 7) is 0. The number of hydrogen-bond acceptors (Lipinski definition) is 4. The zero-order chi connectivity index (χ0) is 25.2. The zero-order valence-electron chi connectivity index (χ0n) is 18.3. The Bertz CT molecular complexity index is 1240. The number of pyridine rings is 1. The van der Waals surface area contributed by atoms with Crippen LogP contribution in [0.15, 0.2) is 48.5 Å². The summed E-state index contributed by atoms with van der Waals surface area (Å²) in [5, 5.41) is 8.13. The monoisotopic (exact) mass is 492 g/mol. The second kappa shape index (κ2) is 9.85. The van der Waals surface area contributed by atoms with Crippen molar-refractivity contribution in [3.8, 4) is 0 Å². The van der Waals surface area contributed by atoms with Crippen LogP contribution in [-0.2, 0) is 15.8 Å². The van der Waals surface area contributed by atoms with Crippen LogP contribution in [0.5, 0.6) is 0 Å². The molecule has 0 saturated heterocycles. The van der Waals surface area contributed by atoms with Crippen molar-refractivity contribution in [3.63, 3.8) is 0 Å². The first-order valence-corrected chi connectivity index (χ1v) is 10.9. The summed E-state index contributed by atoms with van der Waals surface area (Å²) < 4.78 is 67.5. The topological polar surface area (TPSA) is 83.1 Å². The zero-order valence-corrected chi connectivity index (χ0v) is 18.3. The van der Waals surface area contributed by atoms with E-state index in [2.05, 4.69) is 15.6 Å². The first kappa shape index (κ1) is 24.4. The first-order valence-electron chi connectivity index (χ1n) is 10.9. The minimum absolute atomic E-state index is 0.197. The highest BCUT2D eigenvalue weighted by Gasteiger charge is 2.34. The van der Waals surface area contributed by atoms with E-state index < -0.39 is 47.0 Å². The Hall–Kier alpha value is -3.76. The van der Waals surface area contributed by atoms with Crippen molar-refractivity contribution >= 4 is 34.1 Å². The van der Waals surface area contributed by atoms with Crippen molar-refractivity contribution in [1.82, 2.24) is 10.3 Å². The van der Waals surface area contributed by atoms with E-state index in [-0.39, 0.29) is 17.2 Å². The van der Waals surface area contributed by atoms with Crippen LogP contribution < -0.4 is 16.0 Å². The average Bonchev–Trinajstić information content (AvgIpc) is 2.81. The Morgan fingerprint density at radius 1 is 0.914 bits per heavy atom. The maximum Gasteiger partial charge on any atom is 0.433 e. The molecular weight excluding hydrogens is 471 g/mol. The highest BCUT2D eigenvalue weighted by molar-refractivity contribution is 6.39. The Morgan fingerprint density at radius 3 is 2.31 bits per heavy atom. The molecule has 2 aromatic carbocycles. The van der Waals surface area contributed by atoms with E-state index >= 15 is 0 Å². The van der Waals surface area contributed by atoms with E-state index in [1.54, 1.807) is 18.2 Å². The van der Waals surface area contributed by atoms with Crippen molar-refractivity contribution < 1.29 is 31.5 Å². The van der Waals surface area contributed by atoms with Gasteiger partial charge in [-0.05, 0) is 49.9 Å². The van der Waals surface area contributed by atoms with Crippen LogP contribution in [-0.4, -0.2) is 28.9 Å². The van der Waals surface area contributed by atoms with Gasteiger partial charge in [0.2, 0.25) is 0 Å². The molecular formula is C24H21F5N4O2. The van der Waals surface area contributed by atoms with Crippen molar-refractivity contribution in [3.05, 3.63) is 65.9 Å². The van der Waals surface area contributed by atoms with Crippen LogP contribution in [0.2, 0.25) is 0 Å². The fraction of sp³-hybridized carbons (Fsp3) is 0.292. The molecule has 2 atom stereocenters. The van der Waals surface area contributed by atoms with Gasteiger partial charge in [-0.3, -0.25) is 9.59 Å². The molecule has 3 aromatic rings. The smallest absolute Gasteiger partial charge is 0.382 e. The molecule has 11 heteroatoms. The molecule has 1 heterocycles. The Labute approximate surface area is 196 Å². The summed E-state index contributed by atoms with van der Waals surface area (Å²) >= 11 is 0. The summed E-state index contributed by atoms with van der Waals surface area (Å²) in [6.07, 6.45) is -2.46. The van der Waals surface area contributed by atoms with Gasteiger partial charge in [-0.1, -0.05) is 24.3 Å². The van der Waals surface area contributed by atoms with Crippen molar-refractivity contribution in [2.75, 3.05) is 10.6 Å². The van der Waals surface area contributed by atoms with E-state index in [1.807, 2.05) is 5.32 Å². The first-order chi connectivity index (χ1) is 16.6. The quantitative estimate of drug-likeness (QED) is 0.353. The lowest BCUT2D eigenvalue weighted by molar-refractivity contribution is -0.140. The average molecular weight is 492 g/mol. The molecule has 6 nitrogen and oxygen atoms in total. The molecule has 0 radical (unpaired) electrons. The molecule has 4 rings (SSSR count). The predicted molar refractivity (Wildman–Crippen MR) is 120 cm³/mol. The number of benzene rings is 2. The maximum atomic E-state index is 13.7. The van der Waals surface area contributed by atoms with Crippen molar-refractivity contribution in [2.24, 2.45) is 0 Å². The second-order valence-electron chi connectivity index (χ2n) is 8.30. The van der Waals surface area contributed by atoms with Crippen LogP contribution in [0.3, 0.4) is 0 Å². The number of carbonyl (C=O) groups is 2. The molecule has 1 aliphatic carbocycles. The number of halogens is 5. The van der Waals surface area contributed by atoms with E-state index in [4.69, 9.17) is 0 Å². The number of rotatable bonds is 4.